The Kier molecular flexibility index (Phi) is 5.81. The standard InChI is InChI=1S/C16H13Br2ClF2/c17-9-16(10-18,11-3-1-4-12(19)7-11)8-13-14(20)5-2-6-15(13)21/h1-7H,8-10H2. The quantitative estimate of drug-likeness (QED) is 0.511. The van der Waals surface area contributed by atoms with Crippen LogP contribution in [0, 0.1) is 11.6 Å². The van der Waals surface area contributed by atoms with Gasteiger partial charge in [-0.1, -0.05) is 61.7 Å². The van der Waals surface area contributed by atoms with E-state index >= 15 is 0 Å². The van der Waals surface area contributed by atoms with E-state index in [9.17, 15) is 8.78 Å². The fourth-order valence-electron chi connectivity index (χ4n) is 2.24. The first-order valence-electron chi connectivity index (χ1n) is 6.33. The molecule has 2 aromatic rings. The second kappa shape index (κ2) is 7.21. The largest absolute Gasteiger partial charge is 0.207 e. The number of hydrogen-bond donors (Lipinski definition) is 0. The average Bonchev–Trinajstić information content (AvgIpc) is 2.48. The molecule has 0 radical (unpaired) electrons. The molecular weight excluding hydrogens is 425 g/mol. The molecular formula is C16H13Br2ClF2. The van der Waals surface area contributed by atoms with Crippen LogP contribution in [0.2, 0.25) is 5.02 Å². The third kappa shape index (κ3) is 3.66. The predicted molar refractivity (Wildman–Crippen MR) is 90.8 cm³/mol. The molecule has 0 aliphatic rings. The van der Waals surface area contributed by atoms with Gasteiger partial charge in [0.25, 0.3) is 0 Å². The van der Waals surface area contributed by atoms with Crippen LogP contribution in [0.4, 0.5) is 8.78 Å². The van der Waals surface area contributed by atoms with Crippen molar-refractivity contribution in [3.8, 4) is 0 Å². The van der Waals surface area contributed by atoms with Crippen molar-refractivity contribution in [2.75, 3.05) is 10.7 Å². The third-order valence-electron chi connectivity index (χ3n) is 3.53. The molecule has 0 aromatic heterocycles. The Balaban J connectivity index is 2.48. The lowest BCUT2D eigenvalue weighted by molar-refractivity contribution is 0.491. The molecule has 0 heterocycles. The summed E-state index contributed by atoms with van der Waals surface area (Å²) in [7, 11) is 0. The van der Waals surface area contributed by atoms with Crippen LogP contribution >= 0.6 is 43.5 Å². The van der Waals surface area contributed by atoms with Crippen LogP contribution in [0.3, 0.4) is 0 Å². The topological polar surface area (TPSA) is 0 Å². The number of benzene rings is 2. The Morgan fingerprint density at radius 2 is 1.52 bits per heavy atom. The van der Waals surface area contributed by atoms with Crippen LogP contribution in [0.5, 0.6) is 0 Å². The fraction of sp³-hybridized carbons (Fsp3) is 0.250. The van der Waals surface area contributed by atoms with Crippen LogP contribution in [0.15, 0.2) is 42.5 Å². The van der Waals surface area contributed by atoms with Gasteiger partial charge in [0.1, 0.15) is 11.6 Å². The van der Waals surface area contributed by atoms with E-state index in [2.05, 4.69) is 31.9 Å². The summed E-state index contributed by atoms with van der Waals surface area (Å²) in [6.45, 7) is 0. The summed E-state index contributed by atoms with van der Waals surface area (Å²) in [5.41, 5.74) is 0.552. The van der Waals surface area contributed by atoms with Crippen molar-refractivity contribution in [3.05, 3.63) is 70.2 Å². The minimum Gasteiger partial charge on any atom is -0.207 e. The van der Waals surface area contributed by atoms with Crippen LogP contribution in [-0.4, -0.2) is 10.7 Å². The second-order valence-electron chi connectivity index (χ2n) is 4.93. The van der Waals surface area contributed by atoms with E-state index in [1.54, 1.807) is 6.07 Å². The van der Waals surface area contributed by atoms with E-state index in [0.717, 1.165) is 5.56 Å². The highest BCUT2D eigenvalue weighted by Gasteiger charge is 2.32. The summed E-state index contributed by atoms with van der Waals surface area (Å²) in [6, 6.07) is 11.3. The molecule has 0 atom stereocenters. The molecule has 0 aliphatic carbocycles. The summed E-state index contributed by atoms with van der Waals surface area (Å²) >= 11 is 13.0. The highest BCUT2D eigenvalue weighted by molar-refractivity contribution is 9.09. The summed E-state index contributed by atoms with van der Waals surface area (Å²) in [5.74, 6) is -1.05. The first-order chi connectivity index (χ1) is 10.0. The van der Waals surface area contributed by atoms with E-state index in [4.69, 9.17) is 11.6 Å². The zero-order valence-corrected chi connectivity index (χ0v) is 15.0. The van der Waals surface area contributed by atoms with Gasteiger partial charge in [0.05, 0.1) is 0 Å². The summed E-state index contributed by atoms with van der Waals surface area (Å²) < 4.78 is 27.9. The molecule has 0 nitrogen and oxygen atoms in total. The van der Waals surface area contributed by atoms with Crippen molar-refractivity contribution in [2.24, 2.45) is 0 Å². The van der Waals surface area contributed by atoms with Gasteiger partial charge in [0, 0.05) is 26.7 Å². The molecule has 112 valence electrons. The van der Waals surface area contributed by atoms with Crippen LogP contribution < -0.4 is 0 Å². The van der Waals surface area contributed by atoms with Crippen LogP contribution in [-0.2, 0) is 11.8 Å². The molecule has 0 fully saturated rings. The maximum atomic E-state index is 14.0. The minimum absolute atomic E-state index is 0.0939. The van der Waals surface area contributed by atoms with Crippen molar-refractivity contribution in [1.29, 1.82) is 0 Å². The normalized spacial score (nSPS) is 11.7. The maximum Gasteiger partial charge on any atom is 0.129 e. The Labute approximate surface area is 144 Å². The molecule has 0 spiro atoms. The second-order valence-corrected chi connectivity index (χ2v) is 6.49. The molecule has 2 aromatic carbocycles. The van der Waals surface area contributed by atoms with Gasteiger partial charge in [-0.2, -0.15) is 0 Å². The van der Waals surface area contributed by atoms with Gasteiger partial charge in [-0.05, 0) is 36.2 Å². The van der Waals surface area contributed by atoms with Crippen LogP contribution in [0.25, 0.3) is 0 Å². The van der Waals surface area contributed by atoms with Crippen LogP contribution in [0.1, 0.15) is 11.1 Å². The molecule has 0 N–H and O–H groups in total. The van der Waals surface area contributed by atoms with Gasteiger partial charge in [-0.25, -0.2) is 8.78 Å². The smallest absolute Gasteiger partial charge is 0.129 e. The molecule has 21 heavy (non-hydrogen) atoms. The summed E-state index contributed by atoms with van der Waals surface area (Å²) in [5, 5.41) is 1.71. The van der Waals surface area contributed by atoms with Gasteiger partial charge >= 0.3 is 0 Å². The molecule has 5 heteroatoms. The third-order valence-corrected chi connectivity index (χ3v) is 5.91. The van der Waals surface area contributed by atoms with E-state index < -0.39 is 17.0 Å². The molecule has 0 bridgehead atoms. The number of hydrogen-bond acceptors (Lipinski definition) is 0. The minimum atomic E-state index is -0.525. The zero-order chi connectivity index (χ0) is 15.5. The van der Waals surface area contributed by atoms with E-state index in [1.807, 2.05) is 18.2 Å². The number of halogens is 5. The molecule has 0 saturated carbocycles. The average molecular weight is 439 g/mol. The zero-order valence-electron chi connectivity index (χ0n) is 11.1. The first-order valence-corrected chi connectivity index (χ1v) is 8.95. The predicted octanol–water partition coefficient (Wildman–Crippen LogP) is 5.89. The Bertz CT molecular complexity index is 607. The van der Waals surface area contributed by atoms with Gasteiger partial charge in [0.15, 0.2) is 0 Å². The van der Waals surface area contributed by atoms with Crippen molar-refractivity contribution in [2.45, 2.75) is 11.8 Å². The molecule has 2 rings (SSSR count). The van der Waals surface area contributed by atoms with Crippen molar-refractivity contribution >= 4 is 43.5 Å². The van der Waals surface area contributed by atoms with E-state index in [-0.39, 0.29) is 12.0 Å². The van der Waals surface area contributed by atoms with Gasteiger partial charge in [-0.3, -0.25) is 0 Å². The van der Waals surface area contributed by atoms with Gasteiger partial charge in [0.2, 0.25) is 0 Å². The lowest BCUT2D eigenvalue weighted by Gasteiger charge is -2.31. The summed E-state index contributed by atoms with van der Waals surface area (Å²) in [4.78, 5) is 0. The van der Waals surface area contributed by atoms with E-state index in [0.29, 0.717) is 15.7 Å². The molecule has 0 saturated heterocycles. The lowest BCUT2D eigenvalue weighted by atomic mass is 9.79. The van der Waals surface area contributed by atoms with Crippen molar-refractivity contribution in [3.63, 3.8) is 0 Å². The fourth-order valence-corrected chi connectivity index (χ4v) is 4.41. The van der Waals surface area contributed by atoms with Crippen molar-refractivity contribution in [1.82, 2.24) is 0 Å². The Hall–Kier alpha value is -0.450. The highest BCUT2D eigenvalue weighted by Crippen LogP contribution is 2.35. The van der Waals surface area contributed by atoms with Gasteiger partial charge < -0.3 is 0 Å². The number of rotatable bonds is 5. The van der Waals surface area contributed by atoms with Gasteiger partial charge in [-0.15, -0.1) is 0 Å². The Morgan fingerprint density at radius 1 is 0.952 bits per heavy atom. The summed E-state index contributed by atoms with van der Waals surface area (Å²) in [6.07, 6.45) is 0.238. The monoisotopic (exact) mass is 436 g/mol. The van der Waals surface area contributed by atoms with Crippen molar-refractivity contribution < 1.29 is 8.78 Å². The highest BCUT2D eigenvalue weighted by atomic mass is 79.9. The molecule has 0 aliphatic heterocycles. The SMILES string of the molecule is Fc1cccc(F)c1CC(CBr)(CBr)c1cccc(Cl)c1. The molecule has 0 unspecified atom stereocenters. The maximum absolute atomic E-state index is 14.0. The lowest BCUT2D eigenvalue weighted by Crippen LogP contribution is -2.33. The Morgan fingerprint density at radius 3 is 2.05 bits per heavy atom. The molecule has 0 amide bonds. The first kappa shape index (κ1) is 16.9. The van der Waals surface area contributed by atoms with E-state index in [1.165, 1.54) is 18.2 Å². The number of alkyl halides is 2.